The van der Waals surface area contributed by atoms with Gasteiger partial charge in [0.1, 0.15) is 11.3 Å². The Morgan fingerprint density at radius 3 is 2.47 bits per heavy atom. The maximum Gasteiger partial charge on any atom is 0.291 e. The summed E-state index contributed by atoms with van der Waals surface area (Å²) >= 11 is 1.72. The van der Waals surface area contributed by atoms with Crippen LogP contribution in [0.4, 0.5) is 5.69 Å². The fourth-order valence-electron chi connectivity index (χ4n) is 3.28. The molecule has 0 spiro atoms. The number of carbonyl (C=O) groups is 1. The number of nitrogens with one attached hydrogen (secondary N) is 1. The number of fused-ring (bicyclic) bond motifs is 1. The molecule has 152 valence electrons. The Morgan fingerprint density at radius 2 is 1.73 bits per heavy atom. The lowest BCUT2D eigenvalue weighted by molar-refractivity contribution is 0.0998. The van der Waals surface area contributed by atoms with Gasteiger partial charge in [-0.15, -0.1) is 0 Å². The lowest BCUT2D eigenvalue weighted by Crippen LogP contribution is -2.11. The molecule has 0 atom stereocenters. The summed E-state index contributed by atoms with van der Waals surface area (Å²) in [6, 6.07) is 19.8. The van der Waals surface area contributed by atoms with E-state index in [1.807, 2.05) is 49.4 Å². The van der Waals surface area contributed by atoms with Gasteiger partial charge in [-0.1, -0.05) is 23.9 Å². The highest BCUT2D eigenvalue weighted by Crippen LogP contribution is 2.32. The number of benzene rings is 3. The zero-order valence-electron chi connectivity index (χ0n) is 17.4. The molecular formula is C25H23NO3S. The van der Waals surface area contributed by atoms with Crippen LogP contribution in [0.15, 0.2) is 74.9 Å². The average molecular weight is 418 g/mol. The second kappa shape index (κ2) is 8.28. The largest absolute Gasteiger partial charge is 0.497 e. The number of hydrogen-bond acceptors (Lipinski definition) is 4. The second-order valence-corrected chi connectivity index (χ2v) is 8.38. The van der Waals surface area contributed by atoms with Gasteiger partial charge in [-0.3, -0.25) is 4.79 Å². The Kier molecular flexibility index (Phi) is 5.55. The molecule has 0 aliphatic rings. The van der Waals surface area contributed by atoms with Gasteiger partial charge in [0, 0.05) is 26.4 Å². The third-order valence-electron chi connectivity index (χ3n) is 5.03. The molecule has 1 amide bonds. The minimum absolute atomic E-state index is 0.266. The molecular weight excluding hydrogens is 394 g/mol. The lowest BCUT2D eigenvalue weighted by Gasteiger charge is -2.08. The van der Waals surface area contributed by atoms with Crippen molar-refractivity contribution in [1.82, 2.24) is 0 Å². The van der Waals surface area contributed by atoms with E-state index in [0.29, 0.717) is 11.3 Å². The highest BCUT2D eigenvalue weighted by atomic mass is 32.2. The molecule has 4 rings (SSSR count). The molecule has 1 N–H and O–H groups in total. The average Bonchev–Trinajstić information content (AvgIpc) is 3.08. The van der Waals surface area contributed by atoms with Gasteiger partial charge in [0.05, 0.1) is 7.11 Å². The van der Waals surface area contributed by atoms with Crippen LogP contribution in [0.1, 0.15) is 27.2 Å². The number of hydrogen-bond donors (Lipinski definition) is 1. The second-order valence-electron chi connectivity index (χ2n) is 7.27. The first-order valence-corrected chi connectivity index (χ1v) is 10.5. The monoisotopic (exact) mass is 417 g/mol. The van der Waals surface area contributed by atoms with E-state index in [1.54, 1.807) is 18.9 Å². The van der Waals surface area contributed by atoms with Crippen LogP contribution in [-0.4, -0.2) is 13.0 Å². The zero-order valence-corrected chi connectivity index (χ0v) is 18.2. The number of furan rings is 1. The maximum atomic E-state index is 12.8. The zero-order chi connectivity index (χ0) is 21.3. The molecule has 4 aromatic rings. The summed E-state index contributed by atoms with van der Waals surface area (Å²) in [6.45, 7) is 6.09. The summed E-state index contributed by atoms with van der Waals surface area (Å²) in [4.78, 5) is 15.1. The van der Waals surface area contributed by atoms with E-state index < -0.39 is 0 Å². The highest BCUT2D eigenvalue weighted by Gasteiger charge is 2.18. The first-order valence-electron chi connectivity index (χ1n) is 9.68. The van der Waals surface area contributed by atoms with Crippen LogP contribution < -0.4 is 10.1 Å². The molecule has 3 aromatic carbocycles. The number of ether oxygens (including phenoxy) is 1. The maximum absolute atomic E-state index is 12.8. The molecule has 0 aliphatic heterocycles. The minimum atomic E-state index is -0.266. The molecule has 0 saturated heterocycles. The van der Waals surface area contributed by atoms with Crippen LogP contribution in [-0.2, 0) is 0 Å². The molecule has 5 heteroatoms. The molecule has 0 radical (unpaired) electrons. The van der Waals surface area contributed by atoms with Crippen molar-refractivity contribution in [2.75, 3.05) is 12.4 Å². The topological polar surface area (TPSA) is 51.5 Å². The summed E-state index contributed by atoms with van der Waals surface area (Å²) in [5, 5.41) is 3.80. The first-order chi connectivity index (χ1) is 14.4. The molecule has 1 aromatic heterocycles. The van der Waals surface area contributed by atoms with Gasteiger partial charge in [0.15, 0.2) is 5.76 Å². The Morgan fingerprint density at radius 1 is 0.967 bits per heavy atom. The van der Waals surface area contributed by atoms with E-state index in [-0.39, 0.29) is 5.91 Å². The van der Waals surface area contributed by atoms with Crippen LogP contribution in [0.3, 0.4) is 0 Å². The molecule has 30 heavy (non-hydrogen) atoms. The fraction of sp³-hybridized carbons (Fsp3) is 0.160. The first kappa shape index (κ1) is 20.1. The van der Waals surface area contributed by atoms with E-state index in [0.717, 1.165) is 27.3 Å². The number of carbonyl (C=O) groups excluding carboxylic acids is 1. The van der Waals surface area contributed by atoms with E-state index in [9.17, 15) is 4.79 Å². The van der Waals surface area contributed by atoms with Gasteiger partial charge in [0.25, 0.3) is 5.91 Å². The van der Waals surface area contributed by atoms with Gasteiger partial charge >= 0.3 is 0 Å². The Hall–Kier alpha value is -3.18. The van der Waals surface area contributed by atoms with Crippen molar-refractivity contribution in [3.63, 3.8) is 0 Å². The van der Waals surface area contributed by atoms with Gasteiger partial charge in [-0.25, -0.2) is 0 Å². The van der Waals surface area contributed by atoms with Crippen LogP contribution in [0.5, 0.6) is 5.75 Å². The van der Waals surface area contributed by atoms with Crippen molar-refractivity contribution in [2.24, 2.45) is 0 Å². The molecule has 0 bridgehead atoms. The van der Waals surface area contributed by atoms with E-state index >= 15 is 0 Å². The molecule has 4 nitrogen and oxygen atoms in total. The Bertz CT molecular complexity index is 1230. The summed E-state index contributed by atoms with van der Waals surface area (Å²) in [5.41, 5.74) is 4.68. The van der Waals surface area contributed by atoms with Crippen molar-refractivity contribution in [2.45, 2.75) is 30.6 Å². The number of amides is 1. The predicted octanol–water partition coefficient (Wildman–Crippen LogP) is 6.77. The van der Waals surface area contributed by atoms with Crippen LogP contribution in [0.25, 0.3) is 11.0 Å². The number of aryl methyl sites for hydroxylation is 3. The van der Waals surface area contributed by atoms with Crippen molar-refractivity contribution in [3.8, 4) is 5.75 Å². The SMILES string of the molecule is COc1ccc2oc(C(=O)Nc3ccc(Sc4cc(C)ccc4C)cc3)c(C)c2c1. The van der Waals surface area contributed by atoms with E-state index in [2.05, 4.69) is 37.4 Å². The third kappa shape index (κ3) is 4.07. The van der Waals surface area contributed by atoms with Crippen LogP contribution in [0.2, 0.25) is 0 Å². The lowest BCUT2D eigenvalue weighted by atomic mass is 10.1. The van der Waals surface area contributed by atoms with Gasteiger partial charge in [0.2, 0.25) is 0 Å². The molecule has 0 fully saturated rings. The number of methoxy groups -OCH3 is 1. The van der Waals surface area contributed by atoms with E-state index in [4.69, 9.17) is 9.15 Å². The third-order valence-corrected chi connectivity index (χ3v) is 6.20. The number of anilines is 1. The predicted molar refractivity (Wildman–Crippen MR) is 122 cm³/mol. The molecule has 0 unspecified atom stereocenters. The minimum Gasteiger partial charge on any atom is -0.497 e. The Labute approximate surface area is 180 Å². The van der Waals surface area contributed by atoms with Crippen molar-refractivity contribution in [1.29, 1.82) is 0 Å². The summed E-state index contributed by atoms with van der Waals surface area (Å²) in [5.74, 6) is 0.778. The summed E-state index contributed by atoms with van der Waals surface area (Å²) < 4.78 is 11.1. The van der Waals surface area contributed by atoms with E-state index in [1.165, 1.54) is 16.0 Å². The molecule has 0 saturated carbocycles. The summed E-state index contributed by atoms with van der Waals surface area (Å²) in [7, 11) is 1.62. The Balaban J connectivity index is 1.50. The fourth-order valence-corrected chi connectivity index (χ4v) is 4.28. The standard InChI is InChI=1S/C25H23NO3S/c1-15-5-6-16(2)23(13-15)30-20-10-7-18(8-11-20)26-25(27)24-17(3)21-14-19(28-4)9-12-22(21)29-24/h5-14H,1-4H3,(H,26,27). The molecule has 0 aliphatic carbocycles. The van der Waals surface area contributed by atoms with Crippen molar-refractivity contribution >= 4 is 34.3 Å². The summed E-state index contributed by atoms with van der Waals surface area (Å²) in [6.07, 6.45) is 0. The highest BCUT2D eigenvalue weighted by molar-refractivity contribution is 7.99. The normalized spacial score (nSPS) is 10.9. The van der Waals surface area contributed by atoms with Crippen molar-refractivity contribution < 1.29 is 13.9 Å². The van der Waals surface area contributed by atoms with Crippen LogP contribution >= 0.6 is 11.8 Å². The molecule has 1 heterocycles. The van der Waals surface area contributed by atoms with Gasteiger partial charge in [-0.2, -0.15) is 0 Å². The number of rotatable bonds is 5. The van der Waals surface area contributed by atoms with Gasteiger partial charge < -0.3 is 14.5 Å². The van der Waals surface area contributed by atoms with Gasteiger partial charge in [-0.05, 0) is 80.4 Å². The smallest absolute Gasteiger partial charge is 0.291 e. The van der Waals surface area contributed by atoms with Crippen molar-refractivity contribution in [3.05, 3.63) is 83.1 Å². The quantitative estimate of drug-likeness (QED) is 0.389. The van der Waals surface area contributed by atoms with Crippen LogP contribution in [0, 0.1) is 20.8 Å².